The Hall–Kier alpha value is -3.20. The number of guanidine groups is 1. The van der Waals surface area contributed by atoms with Gasteiger partial charge in [0.05, 0.1) is 5.52 Å². The zero-order chi connectivity index (χ0) is 19.1. The van der Waals surface area contributed by atoms with Crippen molar-refractivity contribution in [2.24, 2.45) is 11.5 Å². The summed E-state index contributed by atoms with van der Waals surface area (Å²) in [6.45, 7) is -0.250. The van der Waals surface area contributed by atoms with Crippen molar-refractivity contribution in [3.8, 4) is 5.88 Å². The largest absolute Gasteiger partial charge is 0.480 e. The first kappa shape index (κ1) is 19.1. The standard InChI is InChI=1S/C17H21N5O4/c18-12(16(24)25)5-3-9-22(17(19)20)15(23)10-26-14-8-7-11-4-1-2-6-13(11)21-14/h1-2,4,6-8,12H,3,5,9-10,18H2,(H3,19,20)(H,24,25). The average Bonchev–Trinajstić information content (AvgIpc) is 2.62. The zero-order valence-electron chi connectivity index (χ0n) is 14.1. The number of para-hydroxylation sites is 1. The van der Waals surface area contributed by atoms with Gasteiger partial charge in [-0.05, 0) is 25.0 Å². The van der Waals surface area contributed by atoms with Crippen LogP contribution in [0, 0.1) is 5.41 Å². The molecule has 0 aliphatic carbocycles. The van der Waals surface area contributed by atoms with Crippen molar-refractivity contribution >= 4 is 28.7 Å². The fourth-order valence-corrected chi connectivity index (χ4v) is 2.31. The zero-order valence-corrected chi connectivity index (χ0v) is 14.1. The first-order valence-electron chi connectivity index (χ1n) is 8.00. The number of carboxylic acid groups (broad SMARTS) is 1. The van der Waals surface area contributed by atoms with E-state index in [1.165, 1.54) is 0 Å². The van der Waals surface area contributed by atoms with E-state index in [1.54, 1.807) is 6.07 Å². The Morgan fingerprint density at radius 2 is 2.00 bits per heavy atom. The molecule has 2 aromatic rings. The van der Waals surface area contributed by atoms with Crippen LogP contribution in [0.2, 0.25) is 0 Å². The number of pyridine rings is 1. The minimum atomic E-state index is -1.11. The molecule has 2 rings (SSSR count). The van der Waals surface area contributed by atoms with Crippen LogP contribution < -0.4 is 16.2 Å². The summed E-state index contributed by atoms with van der Waals surface area (Å²) >= 11 is 0. The number of fused-ring (bicyclic) bond motifs is 1. The van der Waals surface area contributed by atoms with E-state index in [2.05, 4.69) is 4.98 Å². The van der Waals surface area contributed by atoms with E-state index in [9.17, 15) is 9.59 Å². The maximum Gasteiger partial charge on any atom is 0.320 e. The lowest BCUT2D eigenvalue weighted by molar-refractivity contribution is -0.138. The molecule has 1 atom stereocenters. The minimum Gasteiger partial charge on any atom is -0.480 e. The van der Waals surface area contributed by atoms with Crippen molar-refractivity contribution in [3.05, 3.63) is 36.4 Å². The number of aromatic nitrogens is 1. The molecule has 0 aliphatic heterocycles. The van der Waals surface area contributed by atoms with Crippen molar-refractivity contribution in [1.29, 1.82) is 5.41 Å². The molecule has 1 unspecified atom stereocenters. The van der Waals surface area contributed by atoms with E-state index in [1.807, 2.05) is 30.3 Å². The normalized spacial score (nSPS) is 11.7. The Morgan fingerprint density at radius 1 is 1.27 bits per heavy atom. The third kappa shape index (κ3) is 5.15. The van der Waals surface area contributed by atoms with Gasteiger partial charge in [0.15, 0.2) is 12.6 Å². The number of nitrogens with zero attached hydrogens (tertiary/aromatic N) is 2. The summed E-state index contributed by atoms with van der Waals surface area (Å²) in [5, 5.41) is 17.2. The Morgan fingerprint density at radius 3 is 2.69 bits per heavy atom. The van der Waals surface area contributed by atoms with Crippen molar-refractivity contribution in [3.63, 3.8) is 0 Å². The highest BCUT2D eigenvalue weighted by atomic mass is 16.5. The molecule has 1 amide bonds. The molecule has 0 spiro atoms. The number of aliphatic carboxylic acids is 1. The van der Waals surface area contributed by atoms with Crippen LogP contribution >= 0.6 is 0 Å². The van der Waals surface area contributed by atoms with Gasteiger partial charge in [-0.3, -0.25) is 19.9 Å². The maximum absolute atomic E-state index is 12.2. The van der Waals surface area contributed by atoms with E-state index in [-0.39, 0.29) is 25.5 Å². The van der Waals surface area contributed by atoms with Gasteiger partial charge >= 0.3 is 5.97 Å². The van der Waals surface area contributed by atoms with E-state index >= 15 is 0 Å². The second-order valence-corrected chi connectivity index (χ2v) is 5.65. The van der Waals surface area contributed by atoms with Crippen molar-refractivity contribution < 1.29 is 19.4 Å². The van der Waals surface area contributed by atoms with Crippen LogP contribution in [0.25, 0.3) is 10.9 Å². The van der Waals surface area contributed by atoms with Gasteiger partial charge in [-0.15, -0.1) is 0 Å². The molecule has 0 radical (unpaired) electrons. The van der Waals surface area contributed by atoms with Crippen molar-refractivity contribution in [1.82, 2.24) is 9.88 Å². The Balaban J connectivity index is 1.91. The molecule has 0 fully saturated rings. The van der Waals surface area contributed by atoms with Gasteiger partial charge in [0.1, 0.15) is 6.04 Å². The van der Waals surface area contributed by atoms with Crippen LogP contribution in [0.3, 0.4) is 0 Å². The van der Waals surface area contributed by atoms with Crippen LogP contribution in [0.5, 0.6) is 5.88 Å². The predicted octanol–water partition coefficient (Wildman–Crippen LogP) is 0.528. The average molecular weight is 359 g/mol. The smallest absolute Gasteiger partial charge is 0.320 e. The molecule has 0 aliphatic rings. The highest BCUT2D eigenvalue weighted by Crippen LogP contribution is 2.16. The lowest BCUT2D eigenvalue weighted by atomic mass is 10.1. The topological polar surface area (TPSA) is 156 Å². The number of rotatable bonds is 8. The van der Waals surface area contributed by atoms with Crippen molar-refractivity contribution in [2.75, 3.05) is 13.2 Å². The summed E-state index contributed by atoms with van der Waals surface area (Å²) < 4.78 is 5.40. The number of nitrogens with two attached hydrogens (primary N) is 2. The molecule has 9 nitrogen and oxygen atoms in total. The third-order valence-electron chi connectivity index (χ3n) is 3.72. The summed E-state index contributed by atoms with van der Waals surface area (Å²) in [6, 6.07) is 9.96. The monoisotopic (exact) mass is 359 g/mol. The Kier molecular flexibility index (Phi) is 6.45. The highest BCUT2D eigenvalue weighted by molar-refractivity contribution is 5.95. The number of carbonyl (C=O) groups excluding carboxylic acids is 1. The van der Waals surface area contributed by atoms with Crippen LogP contribution in [-0.2, 0) is 9.59 Å². The minimum absolute atomic E-state index is 0.0870. The van der Waals surface area contributed by atoms with E-state index < -0.39 is 23.9 Å². The molecule has 6 N–H and O–H groups in total. The van der Waals surface area contributed by atoms with Crippen LogP contribution in [0.4, 0.5) is 0 Å². The summed E-state index contributed by atoms with van der Waals surface area (Å²) in [7, 11) is 0. The van der Waals surface area contributed by atoms with E-state index in [0.29, 0.717) is 6.42 Å². The number of hydrogen-bond acceptors (Lipinski definition) is 6. The fraction of sp³-hybridized carbons (Fsp3) is 0.294. The second kappa shape index (κ2) is 8.77. The summed E-state index contributed by atoms with van der Waals surface area (Å²) in [4.78, 5) is 28.3. The Bertz CT molecular complexity index is 811. The molecule has 1 aromatic carbocycles. The molecule has 1 aromatic heterocycles. The van der Waals surface area contributed by atoms with Crippen LogP contribution in [0.15, 0.2) is 36.4 Å². The molecule has 26 heavy (non-hydrogen) atoms. The Labute approximate surface area is 150 Å². The lowest BCUT2D eigenvalue weighted by Gasteiger charge is -2.21. The second-order valence-electron chi connectivity index (χ2n) is 5.65. The molecular weight excluding hydrogens is 338 g/mol. The summed E-state index contributed by atoms with van der Waals surface area (Å²) in [5.41, 5.74) is 11.6. The first-order valence-corrected chi connectivity index (χ1v) is 8.00. The summed E-state index contributed by atoms with van der Waals surface area (Å²) in [6.07, 6.45) is 0.465. The summed E-state index contributed by atoms with van der Waals surface area (Å²) in [5.74, 6) is -1.78. The molecule has 9 heteroatoms. The molecule has 1 heterocycles. The molecule has 0 saturated heterocycles. The van der Waals surface area contributed by atoms with Gasteiger partial charge in [0.25, 0.3) is 5.91 Å². The molecule has 0 saturated carbocycles. The third-order valence-corrected chi connectivity index (χ3v) is 3.72. The molecule has 0 bridgehead atoms. The van der Waals surface area contributed by atoms with E-state index in [4.69, 9.17) is 26.7 Å². The number of carboxylic acids is 1. The van der Waals surface area contributed by atoms with Gasteiger partial charge in [0.2, 0.25) is 5.88 Å². The number of hydrogen-bond donors (Lipinski definition) is 4. The SMILES string of the molecule is N=C(N)N(CCCC(N)C(=O)O)C(=O)COc1ccc2ccccc2n1. The number of carbonyl (C=O) groups is 2. The number of amides is 1. The van der Waals surface area contributed by atoms with Gasteiger partial charge in [-0.25, -0.2) is 4.98 Å². The predicted molar refractivity (Wildman–Crippen MR) is 95.7 cm³/mol. The first-order chi connectivity index (χ1) is 12.4. The van der Waals surface area contributed by atoms with Gasteiger partial charge in [0, 0.05) is 18.0 Å². The van der Waals surface area contributed by atoms with E-state index in [0.717, 1.165) is 15.8 Å². The maximum atomic E-state index is 12.2. The molecular formula is C17H21N5O4. The van der Waals surface area contributed by atoms with Crippen molar-refractivity contribution in [2.45, 2.75) is 18.9 Å². The number of nitrogens with one attached hydrogen (secondary N) is 1. The number of ether oxygens (including phenoxy) is 1. The number of benzene rings is 1. The fourth-order valence-electron chi connectivity index (χ4n) is 2.31. The van der Waals surface area contributed by atoms with Crippen LogP contribution in [-0.4, -0.2) is 52.0 Å². The quantitative estimate of drug-likeness (QED) is 0.395. The lowest BCUT2D eigenvalue weighted by Crippen LogP contribution is -2.44. The van der Waals surface area contributed by atoms with Gasteiger partial charge in [-0.2, -0.15) is 0 Å². The highest BCUT2D eigenvalue weighted by Gasteiger charge is 2.19. The van der Waals surface area contributed by atoms with Gasteiger partial charge in [-0.1, -0.05) is 18.2 Å². The van der Waals surface area contributed by atoms with Gasteiger partial charge < -0.3 is 21.3 Å². The van der Waals surface area contributed by atoms with Crippen LogP contribution in [0.1, 0.15) is 12.8 Å². The molecule has 138 valence electrons.